The summed E-state index contributed by atoms with van der Waals surface area (Å²) in [5, 5.41) is 0. The molecule has 0 radical (unpaired) electrons. The molecule has 3 rings (SSSR count). The molecule has 1 fully saturated rings. The summed E-state index contributed by atoms with van der Waals surface area (Å²) in [6, 6.07) is 4.87. The summed E-state index contributed by atoms with van der Waals surface area (Å²) < 4.78 is 52.0. The minimum absolute atomic E-state index is 0.433. The average Bonchev–Trinajstić information content (AvgIpc) is 2.68. The molecule has 0 amide bonds. The van der Waals surface area contributed by atoms with Crippen molar-refractivity contribution in [2.75, 3.05) is 6.61 Å². The molecule has 5 heteroatoms. The van der Waals surface area contributed by atoms with Gasteiger partial charge in [0.2, 0.25) is 5.79 Å². The predicted molar refractivity (Wildman–Crippen MR) is 108 cm³/mol. The van der Waals surface area contributed by atoms with Crippen LogP contribution in [0.2, 0.25) is 0 Å². The van der Waals surface area contributed by atoms with Gasteiger partial charge in [-0.1, -0.05) is 50.7 Å². The first-order valence-electron chi connectivity index (χ1n) is 10.9. The van der Waals surface area contributed by atoms with Crippen LogP contribution >= 0.6 is 0 Å². The molecule has 0 bridgehead atoms. The van der Waals surface area contributed by atoms with Crippen LogP contribution < -0.4 is 0 Å². The highest BCUT2D eigenvalue weighted by Gasteiger charge is 2.33. The minimum atomic E-state index is -4.31. The highest BCUT2D eigenvalue weighted by molar-refractivity contribution is 5.35. The van der Waals surface area contributed by atoms with E-state index < -0.39 is 17.5 Å². The SMILES string of the molecule is CC1(C)OC=C(CCc2ccc(CCCC3CCCCC3)c(C(F)(F)F)c2)CO1. The van der Waals surface area contributed by atoms with Gasteiger partial charge in [0.15, 0.2) is 0 Å². The van der Waals surface area contributed by atoms with E-state index in [1.165, 1.54) is 38.2 Å². The summed E-state index contributed by atoms with van der Waals surface area (Å²) in [4.78, 5) is 0. The molecule has 2 aliphatic rings. The Balaban J connectivity index is 1.59. The lowest BCUT2D eigenvalue weighted by atomic mass is 9.85. The molecular weight excluding hydrogens is 377 g/mol. The topological polar surface area (TPSA) is 18.5 Å². The van der Waals surface area contributed by atoms with Crippen LogP contribution in [-0.4, -0.2) is 12.4 Å². The van der Waals surface area contributed by atoms with Crippen LogP contribution in [0, 0.1) is 5.92 Å². The first kappa shape index (κ1) is 22.2. The Morgan fingerprint density at radius 3 is 2.45 bits per heavy atom. The van der Waals surface area contributed by atoms with Crippen LogP contribution in [0.25, 0.3) is 0 Å². The Bertz CT molecular complexity index is 701. The molecule has 1 aliphatic heterocycles. The van der Waals surface area contributed by atoms with E-state index in [1.807, 2.05) is 19.9 Å². The third-order valence-corrected chi connectivity index (χ3v) is 6.11. The molecule has 0 unspecified atom stereocenters. The molecule has 1 aliphatic carbocycles. The molecule has 0 atom stereocenters. The van der Waals surface area contributed by atoms with Crippen molar-refractivity contribution in [3.05, 3.63) is 46.7 Å². The van der Waals surface area contributed by atoms with E-state index in [0.29, 0.717) is 42.9 Å². The summed E-state index contributed by atoms with van der Waals surface area (Å²) in [5.41, 5.74) is 1.64. The van der Waals surface area contributed by atoms with Crippen molar-refractivity contribution >= 4 is 0 Å². The Hall–Kier alpha value is -1.49. The maximum absolute atomic E-state index is 13.6. The van der Waals surface area contributed by atoms with Crippen molar-refractivity contribution in [1.82, 2.24) is 0 Å². The van der Waals surface area contributed by atoms with Gasteiger partial charge in [-0.05, 0) is 54.4 Å². The summed E-state index contributed by atoms with van der Waals surface area (Å²) >= 11 is 0. The second-order valence-electron chi connectivity index (χ2n) is 8.97. The van der Waals surface area contributed by atoms with Crippen molar-refractivity contribution in [1.29, 1.82) is 0 Å². The molecule has 2 nitrogen and oxygen atoms in total. The van der Waals surface area contributed by atoms with Gasteiger partial charge in [-0.15, -0.1) is 0 Å². The summed E-state index contributed by atoms with van der Waals surface area (Å²) in [7, 11) is 0. The lowest BCUT2D eigenvalue weighted by Gasteiger charge is -2.30. The van der Waals surface area contributed by atoms with Crippen molar-refractivity contribution < 1.29 is 22.6 Å². The zero-order valence-corrected chi connectivity index (χ0v) is 17.6. The number of benzene rings is 1. The summed E-state index contributed by atoms with van der Waals surface area (Å²) in [5.74, 6) is 0.0715. The number of halogens is 3. The van der Waals surface area contributed by atoms with Gasteiger partial charge in [0.1, 0.15) is 0 Å². The molecule has 1 saturated carbocycles. The van der Waals surface area contributed by atoms with Crippen molar-refractivity contribution in [2.45, 2.75) is 90.0 Å². The Labute approximate surface area is 172 Å². The lowest BCUT2D eigenvalue weighted by molar-refractivity contribution is -0.189. The Morgan fingerprint density at radius 1 is 1.03 bits per heavy atom. The van der Waals surface area contributed by atoms with Gasteiger partial charge in [-0.25, -0.2) is 0 Å². The van der Waals surface area contributed by atoms with Gasteiger partial charge < -0.3 is 9.47 Å². The first-order chi connectivity index (χ1) is 13.7. The number of alkyl halides is 3. The highest BCUT2D eigenvalue weighted by atomic mass is 19.4. The Kier molecular flexibility index (Phi) is 7.31. The van der Waals surface area contributed by atoms with E-state index in [2.05, 4.69) is 0 Å². The van der Waals surface area contributed by atoms with Crippen molar-refractivity contribution in [3.8, 4) is 0 Å². The van der Waals surface area contributed by atoms with Gasteiger partial charge in [0, 0.05) is 13.8 Å². The number of ether oxygens (including phenoxy) is 2. The van der Waals surface area contributed by atoms with E-state index >= 15 is 0 Å². The maximum Gasteiger partial charge on any atom is 0.416 e. The zero-order chi connectivity index (χ0) is 20.9. The van der Waals surface area contributed by atoms with Gasteiger partial charge in [0.05, 0.1) is 18.4 Å². The molecule has 0 N–H and O–H groups in total. The minimum Gasteiger partial charge on any atom is -0.471 e. The smallest absolute Gasteiger partial charge is 0.416 e. The molecule has 1 aromatic rings. The molecule has 1 heterocycles. The average molecular weight is 411 g/mol. The van der Waals surface area contributed by atoms with Crippen LogP contribution in [0.5, 0.6) is 0 Å². The second-order valence-corrected chi connectivity index (χ2v) is 8.97. The lowest BCUT2D eigenvalue weighted by Crippen LogP contribution is -2.30. The maximum atomic E-state index is 13.6. The molecule has 0 saturated heterocycles. The third kappa shape index (κ3) is 6.77. The molecule has 0 spiro atoms. The van der Waals surface area contributed by atoms with E-state index in [1.54, 1.807) is 12.3 Å². The second kappa shape index (κ2) is 9.55. The van der Waals surface area contributed by atoms with E-state index in [9.17, 15) is 13.2 Å². The van der Waals surface area contributed by atoms with Gasteiger partial charge in [-0.3, -0.25) is 0 Å². The normalized spacial score (nSPS) is 20.2. The van der Waals surface area contributed by atoms with Gasteiger partial charge in [0.25, 0.3) is 0 Å². The Morgan fingerprint density at radius 2 is 1.79 bits per heavy atom. The zero-order valence-electron chi connectivity index (χ0n) is 17.6. The van der Waals surface area contributed by atoms with Crippen LogP contribution in [0.3, 0.4) is 0 Å². The largest absolute Gasteiger partial charge is 0.471 e. The molecule has 162 valence electrons. The summed E-state index contributed by atoms with van der Waals surface area (Å²) in [6.07, 6.45) is 7.29. The first-order valence-corrected chi connectivity index (χ1v) is 10.9. The van der Waals surface area contributed by atoms with E-state index in [0.717, 1.165) is 18.4 Å². The fraction of sp³-hybridized carbons (Fsp3) is 0.667. The third-order valence-electron chi connectivity index (χ3n) is 6.11. The van der Waals surface area contributed by atoms with Crippen LogP contribution in [-0.2, 0) is 28.5 Å². The highest BCUT2D eigenvalue weighted by Crippen LogP contribution is 2.35. The monoisotopic (exact) mass is 410 g/mol. The van der Waals surface area contributed by atoms with E-state index in [-0.39, 0.29) is 0 Å². The quantitative estimate of drug-likeness (QED) is 0.473. The van der Waals surface area contributed by atoms with Gasteiger partial charge >= 0.3 is 6.18 Å². The number of aryl methyl sites for hydroxylation is 2. The van der Waals surface area contributed by atoms with Crippen LogP contribution in [0.4, 0.5) is 13.2 Å². The fourth-order valence-electron chi connectivity index (χ4n) is 4.31. The van der Waals surface area contributed by atoms with Crippen molar-refractivity contribution in [3.63, 3.8) is 0 Å². The fourth-order valence-corrected chi connectivity index (χ4v) is 4.31. The van der Waals surface area contributed by atoms with E-state index in [4.69, 9.17) is 9.47 Å². The molecular formula is C24H33F3O2. The van der Waals surface area contributed by atoms with Crippen molar-refractivity contribution in [2.24, 2.45) is 5.92 Å². The number of hydrogen-bond acceptors (Lipinski definition) is 2. The summed E-state index contributed by atoms with van der Waals surface area (Å²) in [6.45, 7) is 4.13. The van der Waals surface area contributed by atoms with Crippen LogP contribution in [0.1, 0.15) is 81.9 Å². The van der Waals surface area contributed by atoms with Gasteiger partial charge in [-0.2, -0.15) is 13.2 Å². The number of rotatable bonds is 7. The molecule has 29 heavy (non-hydrogen) atoms. The predicted octanol–water partition coefficient (Wildman–Crippen LogP) is 7.21. The standard InChI is InChI=1S/C24H33F3O2/c1-23(2)28-16-20(17-29-23)12-11-19-13-14-21(22(15-19)24(25,26)27)10-6-9-18-7-4-3-5-8-18/h13-16,18H,3-12,17H2,1-2H3. The van der Waals surface area contributed by atoms with Crippen LogP contribution in [0.15, 0.2) is 30.0 Å². The number of hydrogen-bond donors (Lipinski definition) is 0. The molecule has 1 aromatic carbocycles. The molecule has 0 aromatic heterocycles.